The van der Waals surface area contributed by atoms with E-state index in [0.717, 1.165) is 35.2 Å². The fourth-order valence-electron chi connectivity index (χ4n) is 3.25. The lowest BCUT2D eigenvalue weighted by molar-refractivity contribution is -0.121. The number of hydrogen-bond acceptors (Lipinski definition) is 2. The normalized spacial score (nSPS) is 15.7. The molecular weight excluding hydrogens is 345 g/mol. The predicted molar refractivity (Wildman–Crippen MR) is 91.4 cm³/mol. The Morgan fingerprint density at radius 1 is 1.12 bits per heavy atom. The summed E-state index contributed by atoms with van der Waals surface area (Å²) in [5.41, 5.74) is 1.27. The van der Waals surface area contributed by atoms with Crippen LogP contribution in [0, 0.1) is 17.5 Å². The number of anilines is 2. The number of rotatable bonds is 3. The van der Waals surface area contributed by atoms with Gasteiger partial charge >= 0.3 is 0 Å². The summed E-state index contributed by atoms with van der Waals surface area (Å²) in [5.74, 6) is -5.61. The predicted octanol–water partition coefficient (Wildman–Crippen LogP) is 3.43. The molecule has 26 heavy (non-hydrogen) atoms. The molecular formula is C19H17F3N2O2. The number of nitrogens with zero attached hydrogens (tertiary/aromatic N) is 2. The molecule has 0 spiro atoms. The lowest BCUT2D eigenvalue weighted by atomic mass is 10.1. The Bertz CT molecular complexity index is 885. The number of carbonyl (C=O) groups is 2. The van der Waals surface area contributed by atoms with Gasteiger partial charge in [0.1, 0.15) is 6.54 Å². The van der Waals surface area contributed by atoms with Crippen molar-refractivity contribution in [2.45, 2.75) is 26.3 Å². The second kappa shape index (κ2) is 6.82. The van der Waals surface area contributed by atoms with Crippen LogP contribution in [0.4, 0.5) is 24.5 Å². The van der Waals surface area contributed by atoms with Gasteiger partial charge in [-0.2, -0.15) is 0 Å². The van der Waals surface area contributed by atoms with Crippen LogP contribution in [-0.2, 0) is 16.0 Å². The molecule has 0 N–H and O–H groups in total. The number of fused-ring (bicyclic) bond motifs is 1. The van der Waals surface area contributed by atoms with Crippen LogP contribution in [0.2, 0.25) is 0 Å². The van der Waals surface area contributed by atoms with Crippen molar-refractivity contribution in [3.8, 4) is 0 Å². The van der Waals surface area contributed by atoms with E-state index >= 15 is 0 Å². The summed E-state index contributed by atoms with van der Waals surface area (Å²) in [7, 11) is 0. The van der Waals surface area contributed by atoms with Crippen LogP contribution in [0.5, 0.6) is 0 Å². The zero-order chi connectivity index (χ0) is 19.0. The molecule has 0 radical (unpaired) electrons. The van der Waals surface area contributed by atoms with Crippen LogP contribution in [0.1, 0.15) is 19.4 Å². The van der Waals surface area contributed by atoms with Crippen molar-refractivity contribution in [3.05, 3.63) is 59.4 Å². The summed E-state index contributed by atoms with van der Waals surface area (Å²) in [6, 6.07) is 8.94. The number of carbonyl (C=O) groups excluding carboxylic acids is 2. The quantitative estimate of drug-likeness (QED) is 0.785. The van der Waals surface area contributed by atoms with E-state index in [1.807, 2.05) is 19.1 Å². The number of benzene rings is 2. The summed E-state index contributed by atoms with van der Waals surface area (Å²) in [4.78, 5) is 27.1. The minimum atomic E-state index is -1.68. The minimum absolute atomic E-state index is 0.122. The van der Waals surface area contributed by atoms with Gasteiger partial charge in [0.25, 0.3) is 0 Å². The molecule has 4 nitrogen and oxygen atoms in total. The average molecular weight is 362 g/mol. The average Bonchev–Trinajstić information content (AvgIpc) is 2.93. The van der Waals surface area contributed by atoms with Crippen LogP contribution in [0.15, 0.2) is 36.4 Å². The molecule has 1 aliphatic heterocycles. The van der Waals surface area contributed by atoms with E-state index in [2.05, 4.69) is 0 Å². The standard InChI is InChI=1S/C19H17F3N2O2/c1-11-9-13-5-3-4-6-15(13)24(11)17(26)10-23(12(2)25)16-8-7-14(20)18(21)19(16)22/h3-8,11H,9-10H2,1-2H3. The smallest absolute Gasteiger partial charge is 0.247 e. The van der Waals surface area contributed by atoms with Crippen molar-refractivity contribution in [1.29, 1.82) is 0 Å². The van der Waals surface area contributed by atoms with Crippen molar-refractivity contribution in [1.82, 2.24) is 0 Å². The highest BCUT2D eigenvalue weighted by atomic mass is 19.2. The van der Waals surface area contributed by atoms with E-state index in [0.29, 0.717) is 6.42 Å². The lowest BCUT2D eigenvalue weighted by Crippen LogP contribution is -2.45. The van der Waals surface area contributed by atoms with Gasteiger partial charge in [0.05, 0.1) is 5.69 Å². The maximum absolute atomic E-state index is 14.1. The SMILES string of the molecule is CC(=O)N(CC(=O)N1c2ccccc2CC1C)c1ccc(F)c(F)c1F. The van der Waals surface area contributed by atoms with Crippen LogP contribution in [0.3, 0.4) is 0 Å². The second-order valence-corrected chi connectivity index (χ2v) is 6.25. The first-order chi connectivity index (χ1) is 12.3. The zero-order valence-corrected chi connectivity index (χ0v) is 14.3. The van der Waals surface area contributed by atoms with Crippen LogP contribution >= 0.6 is 0 Å². The van der Waals surface area contributed by atoms with Crippen molar-refractivity contribution < 1.29 is 22.8 Å². The maximum Gasteiger partial charge on any atom is 0.247 e. The molecule has 0 bridgehead atoms. The van der Waals surface area contributed by atoms with Crippen molar-refractivity contribution >= 4 is 23.2 Å². The van der Waals surface area contributed by atoms with Crippen LogP contribution in [0.25, 0.3) is 0 Å². The van der Waals surface area contributed by atoms with Crippen molar-refractivity contribution in [2.75, 3.05) is 16.3 Å². The topological polar surface area (TPSA) is 40.6 Å². The molecule has 2 amide bonds. The van der Waals surface area contributed by atoms with E-state index in [1.165, 1.54) is 0 Å². The van der Waals surface area contributed by atoms with Gasteiger partial charge in [-0.1, -0.05) is 18.2 Å². The lowest BCUT2D eigenvalue weighted by Gasteiger charge is -2.27. The minimum Gasteiger partial charge on any atom is -0.307 e. The Morgan fingerprint density at radius 2 is 1.81 bits per heavy atom. The number of hydrogen-bond donors (Lipinski definition) is 0. The van der Waals surface area contributed by atoms with Crippen LogP contribution in [-0.4, -0.2) is 24.4 Å². The monoisotopic (exact) mass is 362 g/mol. The van der Waals surface area contributed by atoms with E-state index in [-0.39, 0.29) is 6.04 Å². The third kappa shape index (κ3) is 3.05. The molecule has 0 aliphatic carbocycles. The molecule has 3 rings (SSSR count). The van der Waals surface area contributed by atoms with E-state index in [9.17, 15) is 22.8 Å². The summed E-state index contributed by atoms with van der Waals surface area (Å²) in [6.45, 7) is 2.53. The highest BCUT2D eigenvalue weighted by Crippen LogP contribution is 2.32. The zero-order valence-electron chi connectivity index (χ0n) is 14.3. The number of halogens is 3. The molecule has 1 heterocycles. The van der Waals surface area contributed by atoms with Crippen molar-refractivity contribution in [3.63, 3.8) is 0 Å². The molecule has 136 valence electrons. The Balaban J connectivity index is 1.91. The molecule has 0 fully saturated rings. The molecule has 1 unspecified atom stereocenters. The first-order valence-electron chi connectivity index (χ1n) is 8.12. The molecule has 0 saturated heterocycles. The first-order valence-corrected chi connectivity index (χ1v) is 8.12. The summed E-state index contributed by atoms with van der Waals surface area (Å²) in [5, 5.41) is 0. The van der Waals surface area contributed by atoms with Gasteiger partial charge < -0.3 is 9.80 Å². The summed E-state index contributed by atoms with van der Waals surface area (Å²) < 4.78 is 40.8. The largest absolute Gasteiger partial charge is 0.307 e. The van der Waals surface area contributed by atoms with E-state index in [4.69, 9.17) is 0 Å². The molecule has 2 aromatic carbocycles. The third-order valence-electron chi connectivity index (χ3n) is 4.46. The van der Waals surface area contributed by atoms with Gasteiger partial charge in [-0.25, -0.2) is 13.2 Å². The Morgan fingerprint density at radius 3 is 2.50 bits per heavy atom. The fourth-order valence-corrected chi connectivity index (χ4v) is 3.25. The van der Waals surface area contributed by atoms with Gasteiger partial charge in [-0.3, -0.25) is 9.59 Å². The molecule has 1 aliphatic rings. The van der Waals surface area contributed by atoms with Gasteiger partial charge in [-0.05, 0) is 37.1 Å². The van der Waals surface area contributed by atoms with Gasteiger partial charge in [0, 0.05) is 18.7 Å². The third-order valence-corrected chi connectivity index (χ3v) is 4.46. The Labute approximate surface area is 148 Å². The van der Waals surface area contributed by atoms with E-state index < -0.39 is 41.5 Å². The van der Waals surface area contributed by atoms with Gasteiger partial charge in [0.2, 0.25) is 11.8 Å². The van der Waals surface area contributed by atoms with Gasteiger partial charge in [-0.15, -0.1) is 0 Å². The highest BCUT2D eigenvalue weighted by molar-refractivity contribution is 6.04. The molecule has 0 saturated carbocycles. The van der Waals surface area contributed by atoms with Crippen LogP contribution < -0.4 is 9.80 Å². The molecule has 1 atom stereocenters. The molecule has 0 aromatic heterocycles. The molecule has 7 heteroatoms. The van der Waals surface area contributed by atoms with Crippen molar-refractivity contribution in [2.24, 2.45) is 0 Å². The highest BCUT2D eigenvalue weighted by Gasteiger charge is 2.33. The maximum atomic E-state index is 14.1. The first kappa shape index (κ1) is 18.0. The Hall–Kier alpha value is -2.83. The Kier molecular flexibility index (Phi) is 4.71. The molecule has 2 aromatic rings. The number of amides is 2. The second-order valence-electron chi connectivity index (χ2n) is 6.25. The van der Waals surface area contributed by atoms with E-state index in [1.54, 1.807) is 17.0 Å². The number of para-hydroxylation sites is 1. The fraction of sp³-hybridized carbons (Fsp3) is 0.263. The summed E-state index contributed by atoms with van der Waals surface area (Å²) >= 11 is 0. The van der Waals surface area contributed by atoms with Gasteiger partial charge in [0.15, 0.2) is 17.5 Å². The summed E-state index contributed by atoms with van der Waals surface area (Å²) in [6.07, 6.45) is 0.668.